The molecule has 0 aliphatic carbocycles. The zero-order valence-corrected chi connectivity index (χ0v) is 25.4. The topological polar surface area (TPSA) is 81.8 Å². The highest BCUT2D eigenvalue weighted by molar-refractivity contribution is 6.35. The zero-order valence-electron chi connectivity index (χ0n) is 24.6. The molecule has 1 unspecified atom stereocenters. The number of amides is 1. The summed E-state index contributed by atoms with van der Waals surface area (Å²) in [5.41, 5.74) is 0.664. The van der Waals surface area contributed by atoms with Gasteiger partial charge in [0.2, 0.25) is 5.91 Å². The normalized spacial score (nSPS) is 20.1. The smallest absolute Gasteiger partial charge is 0.271 e. The van der Waals surface area contributed by atoms with Crippen molar-refractivity contribution in [3.05, 3.63) is 69.5 Å². The number of carbonyl (C=O) groups is 1. The molecular weight excluding hydrogens is 588 g/mol. The third-order valence-electron chi connectivity index (χ3n) is 9.08. The van der Waals surface area contributed by atoms with Crippen LogP contribution in [0.2, 0.25) is 5.02 Å². The van der Waals surface area contributed by atoms with E-state index in [1.165, 1.54) is 25.0 Å². The highest BCUT2D eigenvalue weighted by atomic mass is 35.5. The van der Waals surface area contributed by atoms with Crippen molar-refractivity contribution in [2.45, 2.75) is 44.7 Å². The molecule has 6 rings (SSSR count). The third kappa shape index (κ3) is 5.22. The number of hydrogen-bond acceptors (Lipinski definition) is 6. The Hall–Kier alpha value is -3.94. The van der Waals surface area contributed by atoms with Gasteiger partial charge in [0.25, 0.3) is 5.56 Å². The first-order valence-electron chi connectivity index (χ1n) is 15.1. The van der Waals surface area contributed by atoms with Crippen LogP contribution in [0.4, 0.5) is 14.5 Å². The SMILES string of the molecule is C=CC(=O)N1CCN(c2c(C#N)c(=O)n3c4c(c(-c5ccc(F)cc5F)c(Cl)cc24)OCC3CCCN2CCCC2)[C@@H](C)C1. The van der Waals surface area contributed by atoms with Crippen molar-refractivity contribution in [2.75, 3.05) is 50.8 Å². The summed E-state index contributed by atoms with van der Waals surface area (Å²) in [5.74, 6) is -1.49. The highest BCUT2D eigenvalue weighted by Crippen LogP contribution is 2.48. The van der Waals surface area contributed by atoms with Crippen molar-refractivity contribution in [2.24, 2.45) is 0 Å². The molecule has 2 fully saturated rings. The Morgan fingerprint density at radius 2 is 1.98 bits per heavy atom. The molecule has 3 aromatic rings. The lowest BCUT2D eigenvalue weighted by molar-refractivity contribution is -0.126. The second-order valence-corrected chi connectivity index (χ2v) is 12.2. The first-order valence-corrected chi connectivity index (χ1v) is 15.4. The highest BCUT2D eigenvalue weighted by Gasteiger charge is 2.36. The van der Waals surface area contributed by atoms with Crippen LogP contribution in [-0.2, 0) is 4.79 Å². The molecule has 1 amide bonds. The molecule has 4 heterocycles. The number of anilines is 1. The van der Waals surface area contributed by atoms with Crippen molar-refractivity contribution in [1.29, 1.82) is 5.26 Å². The monoisotopic (exact) mass is 621 g/mol. The van der Waals surface area contributed by atoms with Crippen molar-refractivity contribution in [3.8, 4) is 22.9 Å². The average Bonchev–Trinajstić information content (AvgIpc) is 3.53. The van der Waals surface area contributed by atoms with E-state index >= 15 is 4.39 Å². The Bertz CT molecular complexity index is 1750. The summed E-state index contributed by atoms with van der Waals surface area (Å²) in [7, 11) is 0. The van der Waals surface area contributed by atoms with Gasteiger partial charge in [-0.05, 0) is 76.5 Å². The van der Waals surface area contributed by atoms with Gasteiger partial charge in [0.1, 0.15) is 29.9 Å². The molecule has 0 saturated carbocycles. The van der Waals surface area contributed by atoms with Gasteiger partial charge in [0.15, 0.2) is 5.75 Å². The van der Waals surface area contributed by atoms with Gasteiger partial charge in [0.05, 0.1) is 22.3 Å². The number of rotatable bonds is 7. The van der Waals surface area contributed by atoms with Crippen LogP contribution < -0.4 is 15.2 Å². The summed E-state index contributed by atoms with van der Waals surface area (Å²) in [5, 5.41) is 11.1. The molecule has 3 aliphatic rings. The van der Waals surface area contributed by atoms with Crippen molar-refractivity contribution < 1.29 is 18.3 Å². The van der Waals surface area contributed by atoms with Crippen LogP contribution in [0.3, 0.4) is 0 Å². The summed E-state index contributed by atoms with van der Waals surface area (Å²) < 4.78 is 37.0. The quantitative estimate of drug-likeness (QED) is 0.324. The van der Waals surface area contributed by atoms with E-state index in [9.17, 15) is 19.2 Å². The molecule has 3 aliphatic heterocycles. The molecule has 2 saturated heterocycles. The van der Waals surface area contributed by atoms with E-state index in [-0.39, 0.29) is 52.1 Å². The molecule has 230 valence electrons. The molecule has 1 aromatic heterocycles. The number of nitrogens with zero attached hydrogens (tertiary/aromatic N) is 5. The summed E-state index contributed by atoms with van der Waals surface area (Å²) in [6.45, 7) is 9.81. The van der Waals surface area contributed by atoms with Gasteiger partial charge in [-0.25, -0.2) is 8.78 Å². The van der Waals surface area contributed by atoms with Crippen LogP contribution >= 0.6 is 11.6 Å². The van der Waals surface area contributed by atoms with E-state index in [0.29, 0.717) is 42.6 Å². The van der Waals surface area contributed by atoms with Gasteiger partial charge < -0.3 is 19.4 Å². The van der Waals surface area contributed by atoms with Gasteiger partial charge in [-0.3, -0.25) is 14.2 Å². The first-order chi connectivity index (χ1) is 21.2. The van der Waals surface area contributed by atoms with Gasteiger partial charge in [-0.15, -0.1) is 0 Å². The fourth-order valence-electron chi connectivity index (χ4n) is 6.97. The number of nitriles is 1. The number of likely N-dealkylation sites (tertiary alicyclic amines) is 1. The van der Waals surface area contributed by atoms with E-state index in [1.54, 1.807) is 15.5 Å². The second kappa shape index (κ2) is 12.2. The van der Waals surface area contributed by atoms with Crippen molar-refractivity contribution >= 4 is 34.1 Å². The molecule has 2 atom stereocenters. The minimum absolute atomic E-state index is 0.0120. The Morgan fingerprint density at radius 3 is 2.66 bits per heavy atom. The van der Waals surface area contributed by atoms with E-state index in [0.717, 1.165) is 38.2 Å². The minimum atomic E-state index is -0.807. The fourth-order valence-corrected chi connectivity index (χ4v) is 7.26. The van der Waals surface area contributed by atoms with Gasteiger partial charge >= 0.3 is 0 Å². The van der Waals surface area contributed by atoms with Gasteiger partial charge in [-0.1, -0.05) is 18.2 Å². The lowest BCUT2D eigenvalue weighted by Gasteiger charge is -2.42. The maximum atomic E-state index is 15.2. The van der Waals surface area contributed by atoms with Crippen molar-refractivity contribution in [3.63, 3.8) is 0 Å². The molecule has 0 radical (unpaired) electrons. The largest absolute Gasteiger partial charge is 0.488 e. The minimum Gasteiger partial charge on any atom is -0.488 e. The molecule has 0 N–H and O–H groups in total. The number of benzene rings is 2. The molecule has 0 spiro atoms. The second-order valence-electron chi connectivity index (χ2n) is 11.8. The third-order valence-corrected chi connectivity index (χ3v) is 9.38. The number of aromatic nitrogens is 1. The van der Waals surface area contributed by atoms with Gasteiger partial charge in [-0.2, -0.15) is 5.26 Å². The van der Waals surface area contributed by atoms with E-state index in [1.807, 2.05) is 11.8 Å². The number of halogens is 3. The lowest BCUT2D eigenvalue weighted by atomic mass is 9.96. The molecule has 0 bridgehead atoms. The lowest BCUT2D eigenvalue weighted by Crippen LogP contribution is -2.54. The maximum Gasteiger partial charge on any atom is 0.271 e. The molecule has 8 nitrogen and oxygen atoms in total. The van der Waals surface area contributed by atoms with Crippen LogP contribution in [0.15, 0.2) is 41.7 Å². The summed E-state index contributed by atoms with van der Waals surface area (Å²) in [4.78, 5) is 32.7. The van der Waals surface area contributed by atoms with Crippen molar-refractivity contribution in [1.82, 2.24) is 14.4 Å². The molecular formula is C33H34ClF2N5O3. The number of pyridine rings is 1. The molecule has 2 aromatic carbocycles. The summed E-state index contributed by atoms with van der Waals surface area (Å²) in [6, 6.07) is 6.48. The first kappa shape index (κ1) is 30.1. The Kier molecular flexibility index (Phi) is 8.36. The molecule has 44 heavy (non-hydrogen) atoms. The maximum absolute atomic E-state index is 15.2. The Labute approximate surface area is 259 Å². The van der Waals surface area contributed by atoms with Crippen LogP contribution in [0, 0.1) is 23.0 Å². The Balaban J connectivity index is 1.54. The average molecular weight is 622 g/mol. The van der Waals surface area contributed by atoms with Crippen LogP contribution in [0.1, 0.15) is 44.2 Å². The van der Waals surface area contributed by atoms with Crippen LogP contribution in [0.5, 0.6) is 5.75 Å². The number of piperazine rings is 1. The predicted octanol–water partition coefficient (Wildman–Crippen LogP) is 5.50. The zero-order chi connectivity index (χ0) is 31.1. The number of carbonyl (C=O) groups excluding carboxylic acids is 1. The number of ether oxygens (including phenoxy) is 1. The number of hydrogen-bond donors (Lipinski definition) is 0. The van der Waals surface area contributed by atoms with E-state index in [4.69, 9.17) is 16.3 Å². The predicted molar refractivity (Wildman–Crippen MR) is 166 cm³/mol. The van der Waals surface area contributed by atoms with E-state index < -0.39 is 17.2 Å². The Morgan fingerprint density at radius 1 is 1.20 bits per heavy atom. The fraction of sp³-hybridized carbons (Fsp3) is 0.424. The standard InChI is InChI=1S/C33H34ClF2N5O3/c1-3-28(42)39-13-14-40(20(2)18-39)30-24-16-26(34)29(23-9-8-21(35)15-27(23)36)32-31(24)41(33(43)25(30)17-37)22(19-44-32)7-6-12-38-10-4-5-11-38/h3,8-9,15-16,20,22H,1,4-7,10-14,18-19H2,2H3/t20-,22?/m0/s1. The van der Waals surface area contributed by atoms with Gasteiger partial charge in [0, 0.05) is 48.3 Å². The summed E-state index contributed by atoms with van der Waals surface area (Å²) >= 11 is 6.87. The van der Waals surface area contributed by atoms with Crippen LogP contribution in [-0.4, -0.2) is 72.2 Å². The van der Waals surface area contributed by atoms with Crippen LogP contribution in [0.25, 0.3) is 22.0 Å². The summed E-state index contributed by atoms with van der Waals surface area (Å²) in [6.07, 6.45) is 5.13. The van der Waals surface area contributed by atoms with E-state index in [2.05, 4.69) is 17.5 Å². The molecule has 11 heteroatoms.